The van der Waals surface area contributed by atoms with Crippen molar-refractivity contribution in [2.75, 3.05) is 26.2 Å². The normalized spacial score (nSPS) is 11.5. The number of nitrogens with one attached hydrogen (secondary N) is 2. The number of aliphatic hydroxyl groups excluding tert-OH is 1. The van der Waals surface area contributed by atoms with E-state index in [0.717, 1.165) is 4.88 Å². The predicted octanol–water partition coefficient (Wildman–Crippen LogP) is 1.31. The number of rotatable bonds is 10. The van der Waals surface area contributed by atoms with Gasteiger partial charge >= 0.3 is 0 Å². The molecule has 1 aromatic heterocycles. The Balaban J connectivity index is 1.55. The van der Waals surface area contributed by atoms with Gasteiger partial charge in [0, 0.05) is 24.5 Å². The van der Waals surface area contributed by atoms with Gasteiger partial charge in [0.15, 0.2) is 0 Å². The molecular weight excluding hydrogens is 338 g/mol. The lowest BCUT2D eigenvalue weighted by Crippen LogP contribution is -2.37. The van der Waals surface area contributed by atoms with E-state index in [4.69, 9.17) is 10.00 Å². The van der Waals surface area contributed by atoms with Crippen molar-refractivity contribution in [2.24, 2.45) is 0 Å². The maximum atomic E-state index is 11.7. The molecule has 0 aliphatic carbocycles. The van der Waals surface area contributed by atoms with Crippen molar-refractivity contribution in [3.8, 4) is 11.8 Å². The first-order chi connectivity index (χ1) is 12.2. The zero-order valence-electron chi connectivity index (χ0n) is 13.8. The molecule has 2 rings (SSSR count). The van der Waals surface area contributed by atoms with Crippen molar-refractivity contribution in [3.63, 3.8) is 0 Å². The third-order valence-corrected chi connectivity index (χ3v) is 4.23. The second-order valence-electron chi connectivity index (χ2n) is 5.38. The Morgan fingerprint density at radius 3 is 2.88 bits per heavy atom. The van der Waals surface area contributed by atoms with E-state index in [1.54, 1.807) is 35.6 Å². The summed E-state index contributed by atoms with van der Waals surface area (Å²) in [5.41, 5.74) is 0.441. The molecule has 0 aliphatic rings. The van der Waals surface area contributed by atoms with Crippen LogP contribution in [0.4, 0.5) is 0 Å². The second-order valence-corrected chi connectivity index (χ2v) is 6.42. The van der Waals surface area contributed by atoms with E-state index in [0.29, 0.717) is 37.4 Å². The van der Waals surface area contributed by atoms with Gasteiger partial charge in [-0.3, -0.25) is 4.79 Å². The molecule has 1 unspecified atom stereocenters. The lowest BCUT2D eigenvalue weighted by atomic mass is 10.2. The van der Waals surface area contributed by atoms with Crippen molar-refractivity contribution in [1.29, 1.82) is 5.26 Å². The van der Waals surface area contributed by atoms with Crippen LogP contribution in [-0.4, -0.2) is 43.4 Å². The summed E-state index contributed by atoms with van der Waals surface area (Å²) in [4.78, 5) is 12.7. The van der Waals surface area contributed by atoms with E-state index in [2.05, 4.69) is 10.6 Å². The molecule has 0 fully saturated rings. The third-order valence-electron chi connectivity index (χ3n) is 3.36. The molecule has 1 heterocycles. The van der Waals surface area contributed by atoms with Gasteiger partial charge in [0.2, 0.25) is 5.91 Å². The second kappa shape index (κ2) is 10.5. The van der Waals surface area contributed by atoms with Gasteiger partial charge in [-0.1, -0.05) is 18.2 Å². The molecule has 0 radical (unpaired) electrons. The van der Waals surface area contributed by atoms with Gasteiger partial charge in [-0.05, 0) is 23.6 Å². The smallest absolute Gasteiger partial charge is 0.225 e. The molecular formula is C18H21N3O3S. The molecule has 0 aliphatic heterocycles. The molecule has 0 saturated carbocycles. The van der Waals surface area contributed by atoms with Crippen LogP contribution in [0.2, 0.25) is 0 Å². The Hall–Kier alpha value is -2.40. The zero-order valence-corrected chi connectivity index (χ0v) is 14.6. The summed E-state index contributed by atoms with van der Waals surface area (Å²) in [6, 6.07) is 12.8. The fraction of sp³-hybridized carbons (Fsp3) is 0.333. The van der Waals surface area contributed by atoms with Crippen molar-refractivity contribution >= 4 is 17.2 Å². The minimum atomic E-state index is -0.700. The topological polar surface area (TPSA) is 94.4 Å². The standard InChI is InChI=1S/C18H21N3O3S/c19-11-14-4-1-2-6-17(14)24-13-15(22)12-20-7-8-21-18(23)10-16-5-3-9-25-16/h1-6,9,15,20,22H,7-8,10,12-13H2,(H,21,23). The summed E-state index contributed by atoms with van der Waals surface area (Å²) >= 11 is 1.56. The number of hydrogen-bond acceptors (Lipinski definition) is 6. The summed E-state index contributed by atoms with van der Waals surface area (Å²) in [7, 11) is 0. The first-order valence-corrected chi connectivity index (χ1v) is 8.87. The fourth-order valence-electron chi connectivity index (χ4n) is 2.12. The maximum Gasteiger partial charge on any atom is 0.225 e. The Morgan fingerprint density at radius 1 is 1.28 bits per heavy atom. The van der Waals surface area contributed by atoms with Crippen LogP contribution in [0.3, 0.4) is 0 Å². The van der Waals surface area contributed by atoms with Crippen LogP contribution in [0.1, 0.15) is 10.4 Å². The van der Waals surface area contributed by atoms with E-state index in [-0.39, 0.29) is 12.5 Å². The van der Waals surface area contributed by atoms with Gasteiger partial charge in [0.05, 0.1) is 12.0 Å². The molecule has 25 heavy (non-hydrogen) atoms. The molecule has 1 aromatic carbocycles. The lowest BCUT2D eigenvalue weighted by Gasteiger charge is -2.14. The zero-order chi connectivity index (χ0) is 17.9. The molecule has 0 spiro atoms. The number of carbonyl (C=O) groups is 1. The van der Waals surface area contributed by atoms with Gasteiger partial charge in [-0.25, -0.2) is 0 Å². The average Bonchev–Trinajstić information content (AvgIpc) is 3.12. The van der Waals surface area contributed by atoms with Crippen molar-refractivity contribution in [2.45, 2.75) is 12.5 Å². The van der Waals surface area contributed by atoms with Crippen LogP contribution in [0.25, 0.3) is 0 Å². The van der Waals surface area contributed by atoms with E-state index < -0.39 is 6.10 Å². The highest BCUT2D eigenvalue weighted by Gasteiger charge is 2.08. The SMILES string of the molecule is N#Cc1ccccc1OCC(O)CNCCNC(=O)Cc1cccs1. The molecule has 1 amide bonds. The van der Waals surface area contributed by atoms with Gasteiger partial charge in [-0.15, -0.1) is 11.3 Å². The number of hydrogen-bond donors (Lipinski definition) is 3. The molecule has 132 valence electrons. The number of nitrogens with zero attached hydrogens (tertiary/aromatic N) is 1. The minimum absolute atomic E-state index is 0.0127. The van der Waals surface area contributed by atoms with E-state index in [1.165, 1.54) is 0 Å². The molecule has 2 aromatic rings. The number of ether oxygens (including phenoxy) is 1. The number of nitriles is 1. The van der Waals surface area contributed by atoms with Crippen LogP contribution in [0, 0.1) is 11.3 Å². The first kappa shape index (κ1) is 18.9. The highest BCUT2D eigenvalue weighted by Crippen LogP contribution is 2.16. The van der Waals surface area contributed by atoms with E-state index >= 15 is 0 Å². The number of carbonyl (C=O) groups excluding carboxylic acids is 1. The number of aliphatic hydroxyl groups is 1. The van der Waals surface area contributed by atoms with Crippen LogP contribution in [0.5, 0.6) is 5.75 Å². The molecule has 0 saturated heterocycles. The Kier molecular flexibility index (Phi) is 7.92. The van der Waals surface area contributed by atoms with E-state index in [9.17, 15) is 9.90 Å². The Labute approximate surface area is 151 Å². The number of amides is 1. The average molecular weight is 359 g/mol. The summed E-state index contributed by atoms with van der Waals surface area (Å²) in [6.45, 7) is 1.49. The summed E-state index contributed by atoms with van der Waals surface area (Å²) in [6.07, 6.45) is -0.305. The highest BCUT2D eigenvalue weighted by atomic mass is 32.1. The highest BCUT2D eigenvalue weighted by molar-refractivity contribution is 7.10. The van der Waals surface area contributed by atoms with Crippen molar-refractivity contribution in [1.82, 2.24) is 10.6 Å². The van der Waals surface area contributed by atoms with Crippen LogP contribution < -0.4 is 15.4 Å². The molecule has 0 bridgehead atoms. The molecule has 3 N–H and O–H groups in total. The minimum Gasteiger partial charge on any atom is -0.489 e. The van der Waals surface area contributed by atoms with E-state index in [1.807, 2.05) is 23.6 Å². The third kappa shape index (κ3) is 6.93. The number of para-hydroxylation sites is 1. The summed E-state index contributed by atoms with van der Waals surface area (Å²) < 4.78 is 5.46. The van der Waals surface area contributed by atoms with Crippen LogP contribution in [0.15, 0.2) is 41.8 Å². The monoisotopic (exact) mass is 359 g/mol. The predicted molar refractivity (Wildman–Crippen MR) is 96.6 cm³/mol. The van der Waals surface area contributed by atoms with Gasteiger partial charge in [0.1, 0.15) is 24.5 Å². The Bertz CT molecular complexity index is 698. The summed E-state index contributed by atoms with van der Waals surface area (Å²) in [5.74, 6) is 0.450. The van der Waals surface area contributed by atoms with Gasteiger partial charge in [-0.2, -0.15) is 5.26 Å². The molecule has 1 atom stereocenters. The largest absolute Gasteiger partial charge is 0.489 e. The maximum absolute atomic E-state index is 11.7. The number of thiophene rings is 1. The Morgan fingerprint density at radius 2 is 2.12 bits per heavy atom. The quantitative estimate of drug-likeness (QED) is 0.556. The number of benzene rings is 1. The van der Waals surface area contributed by atoms with Crippen LogP contribution >= 0.6 is 11.3 Å². The van der Waals surface area contributed by atoms with Gasteiger partial charge < -0.3 is 20.5 Å². The first-order valence-electron chi connectivity index (χ1n) is 7.99. The summed E-state index contributed by atoms with van der Waals surface area (Å²) in [5, 5.41) is 26.7. The molecule has 7 heteroatoms. The van der Waals surface area contributed by atoms with Crippen molar-refractivity contribution < 1.29 is 14.6 Å². The fourth-order valence-corrected chi connectivity index (χ4v) is 2.83. The van der Waals surface area contributed by atoms with Gasteiger partial charge in [0.25, 0.3) is 0 Å². The molecule has 6 nitrogen and oxygen atoms in total. The lowest BCUT2D eigenvalue weighted by molar-refractivity contribution is -0.120. The van der Waals surface area contributed by atoms with Crippen LogP contribution in [-0.2, 0) is 11.2 Å². The van der Waals surface area contributed by atoms with Crippen molar-refractivity contribution in [3.05, 3.63) is 52.2 Å².